The minimum absolute atomic E-state index is 0.114. The quantitative estimate of drug-likeness (QED) is 0.771. The number of aromatic nitrogens is 2. The predicted molar refractivity (Wildman–Crippen MR) is 67.1 cm³/mol. The highest BCUT2D eigenvalue weighted by Crippen LogP contribution is 2.10. The first kappa shape index (κ1) is 12.7. The summed E-state index contributed by atoms with van der Waals surface area (Å²) in [7, 11) is -0.592. The molecule has 1 saturated heterocycles. The molecular formula is C11H19N3O2S. The van der Waals surface area contributed by atoms with Gasteiger partial charge in [-0.3, -0.25) is 8.89 Å². The van der Waals surface area contributed by atoms with Gasteiger partial charge in [-0.2, -0.15) is 5.10 Å². The second-order valence-corrected chi connectivity index (χ2v) is 6.03. The molecule has 0 aliphatic carbocycles. The molecule has 0 atom stereocenters. The zero-order valence-corrected chi connectivity index (χ0v) is 10.7. The number of nitrogens with zero attached hydrogens (tertiary/aromatic N) is 2. The first-order chi connectivity index (χ1) is 8.28. The molecule has 1 aromatic rings. The van der Waals surface area contributed by atoms with Gasteiger partial charge in [0.25, 0.3) is 0 Å². The Morgan fingerprint density at radius 2 is 2.29 bits per heavy atom. The second kappa shape index (κ2) is 6.28. The van der Waals surface area contributed by atoms with Crippen LogP contribution in [0.4, 0.5) is 0 Å². The van der Waals surface area contributed by atoms with Gasteiger partial charge < -0.3 is 10.4 Å². The van der Waals surface area contributed by atoms with Gasteiger partial charge in [-0.05, 0) is 12.8 Å². The molecule has 0 bridgehead atoms. The third-order valence-corrected chi connectivity index (χ3v) is 4.38. The molecule has 17 heavy (non-hydrogen) atoms. The minimum atomic E-state index is -0.592. The molecule has 96 valence electrons. The van der Waals surface area contributed by atoms with Crippen molar-refractivity contribution in [1.29, 1.82) is 0 Å². The Morgan fingerprint density at radius 1 is 1.53 bits per heavy atom. The van der Waals surface area contributed by atoms with E-state index in [2.05, 4.69) is 10.4 Å². The number of nitrogens with one attached hydrogen (secondary N) is 1. The van der Waals surface area contributed by atoms with Crippen molar-refractivity contribution in [3.63, 3.8) is 0 Å². The maximum atomic E-state index is 11.2. The summed E-state index contributed by atoms with van der Waals surface area (Å²) >= 11 is 0. The van der Waals surface area contributed by atoms with Gasteiger partial charge in [-0.15, -0.1) is 0 Å². The highest BCUT2D eigenvalue weighted by Gasteiger charge is 2.17. The number of aliphatic hydroxyl groups excluding tert-OH is 1. The largest absolute Gasteiger partial charge is 0.394 e. The average molecular weight is 257 g/mol. The van der Waals surface area contributed by atoms with Gasteiger partial charge >= 0.3 is 0 Å². The van der Waals surface area contributed by atoms with E-state index in [4.69, 9.17) is 5.11 Å². The van der Waals surface area contributed by atoms with Crippen LogP contribution in [-0.2, 0) is 23.9 Å². The first-order valence-electron chi connectivity index (χ1n) is 5.98. The fourth-order valence-corrected chi connectivity index (χ4v) is 3.28. The number of rotatable bonds is 5. The average Bonchev–Trinajstić information content (AvgIpc) is 2.77. The number of hydrogen-bond donors (Lipinski definition) is 2. The fourth-order valence-electron chi connectivity index (χ4n) is 1.98. The lowest BCUT2D eigenvalue weighted by Crippen LogP contribution is -2.35. The van der Waals surface area contributed by atoms with Crippen molar-refractivity contribution in [2.24, 2.45) is 0 Å². The SMILES string of the molecule is O=S1CCC(NCc2cnn(CCO)c2)CC1. The summed E-state index contributed by atoms with van der Waals surface area (Å²) in [5, 5.41) is 16.4. The monoisotopic (exact) mass is 257 g/mol. The van der Waals surface area contributed by atoms with Crippen molar-refractivity contribution < 1.29 is 9.32 Å². The van der Waals surface area contributed by atoms with Crippen molar-refractivity contribution in [2.45, 2.75) is 32.0 Å². The molecule has 5 nitrogen and oxygen atoms in total. The molecular weight excluding hydrogens is 238 g/mol. The number of hydrogen-bond acceptors (Lipinski definition) is 4. The van der Waals surface area contributed by atoms with Gasteiger partial charge in [0, 0.05) is 46.7 Å². The molecule has 0 aromatic carbocycles. The van der Waals surface area contributed by atoms with Crippen LogP contribution in [0, 0.1) is 0 Å². The van der Waals surface area contributed by atoms with Crippen LogP contribution in [0.5, 0.6) is 0 Å². The third kappa shape index (κ3) is 3.90. The lowest BCUT2D eigenvalue weighted by molar-refractivity contribution is 0.269. The van der Waals surface area contributed by atoms with Gasteiger partial charge in [0.1, 0.15) is 0 Å². The summed E-state index contributed by atoms with van der Waals surface area (Å²) in [5.74, 6) is 1.64. The van der Waals surface area contributed by atoms with Gasteiger partial charge in [0.2, 0.25) is 0 Å². The van der Waals surface area contributed by atoms with Crippen molar-refractivity contribution >= 4 is 10.8 Å². The zero-order valence-electron chi connectivity index (χ0n) is 9.84. The summed E-state index contributed by atoms with van der Waals surface area (Å²) in [6, 6.07) is 0.480. The Bertz CT molecular complexity index is 371. The maximum Gasteiger partial charge on any atom is 0.0640 e. The van der Waals surface area contributed by atoms with Crippen LogP contribution >= 0.6 is 0 Å². The van der Waals surface area contributed by atoms with E-state index in [0.29, 0.717) is 12.6 Å². The Balaban J connectivity index is 1.75. The van der Waals surface area contributed by atoms with E-state index in [1.807, 2.05) is 12.4 Å². The molecule has 0 radical (unpaired) electrons. The molecule has 0 amide bonds. The fraction of sp³-hybridized carbons (Fsp3) is 0.727. The van der Waals surface area contributed by atoms with E-state index in [-0.39, 0.29) is 6.61 Å². The van der Waals surface area contributed by atoms with Crippen molar-refractivity contribution in [3.8, 4) is 0 Å². The smallest absolute Gasteiger partial charge is 0.0640 e. The standard InChI is InChI=1S/C11H19N3O2S/c15-4-3-14-9-10(8-13-14)7-12-11-1-5-17(16)6-2-11/h8-9,11-12,15H,1-7H2. The molecule has 1 aliphatic heterocycles. The van der Waals surface area contributed by atoms with E-state index in [0.717, 1.165) is 36.5 Å². The molecule has 2 rings (SSSR count). The van der Waals surface area contributed by atoms with Crippen molar-refractivity contribution in [1.82, 2.24) is 15.1 Å². The molecule has 0 saturated carbocycles. The summed E-state index contributed by atoms with van der Waals surface area (Å²) in [6.07, 6.45) is 5.77. The van der Waals surface area contributed by atoms with Gasteiger partial charge in [0.15, 0.2) is 0 Å². The van der Waals surface area contributed by atoms with Crippen molar-refractivity contribution in [3.05, 3.63) is 18.0 Å². The number of aliphatic hydroxyl groups is 1. The highest BCUT2D eigenvalue weighted by atomic mass is 32.2. The van der Waals surface area contributed by atoms with E-state index >= 15 is 0 Å². The van der Waals surface area contributed by atoms with E-state index < -0.39 is 10.8 Å². The van der Waals surface area contributed by atoms with Crippen LogP contribution in [0.1, 0.15) is 18.4 Å². The molecule has 6 heteroatoms. The minimum Gasteiger partial charge on any atom is -0.394 e. The van der Waals surface area contributed by atoms with Crippen LogP contribution in [0.2, 0.25) is 0 Å². The lowest BCUT2D eigenvalue weighted by Gasteiger charge is -2.22. The Hall–Kier alpha value is -0.720. The van der Waals surface area contributed by atoms with E-state index in [9.17, 15) is 4.21 Å². The Kier molecular flexibility index (Phi) is 4.70. The van der Waals surface area contributed by atoms with Crippen LogP contribution in [-0.4, -0.2) is 43.3 Å². The molecule has 0 unspecified atom stereocenters. The molecule has 0 spiro atoms. The summed E-state index contributed by atoms with van der Waals surface area (Å²) < 4.78 is 12.9. The first-order valence-corrected chi connectivity index (χ1v) is 7.47. The zero-order chi connectivity index (χ0) is 12.1. The Morgan fingerprint density at radius 3 is 3.00 bits per heavy atom. The molecule has 1 fully saturated rings. The maximum absolute atomic E-state index is 11.2. The highest BCUT2D eigenvalue weighted by molar-refractivity contribution is 7.85. The Labute approximate surface area is 104 Å². The lowest BCUT2D eigenvalue weighted by atomic mass is 10.1. The third-order valence-electron chi connectivity index (χ3n) is 3.00. The second-order valence-electron chi connectivity index (χ2n) is 4.34. The van der Waals surface area contributed by atoms with Gasteiger partial charge in [0.05, 0.1) is 19.3 Å². The molecule has 1 aromatic heterocycles. The molecule has 1 aliphatic rings. The summed E-state index contributed by atoms with van der Waals surface area (Å²) in [4.78, 5) is 0. The molecule has 2 N–H and O–H groups in total. The van der Waals surface area contributed by atoms with Crippen LogP contribution in [0.15, 0.2) is 12.4 Å². The molecule has 2 heterocycles. The van der Waals surface area contributed by atoms with Crippen molar-refractivity contribution in [2.75, 3.05) is 18.1 Å². The predicted octanol–water partition coefficient (Wildman–Crippen LogP) is -0.124. The summed E-state index contributed by atoms with van der Waals surface area (Å²) in [6.45, 7) is 1.45. The van der Waals surface area contributed by atoms with Gasteiger partial charge in [-0.25, -0.2) is 0 Å². The van der Waals surface area contributed by atoms with Gasteiger partial charge in [-0.1, -0.05) is 0 Å². The normalized spacial score (nSPS) is 25.0. The topological polar surface area (TPSA) is 67.2 Å². The van der Waals surface area contributed by atoms with Crippen LogP contribution in [0.3, 0.4) is 0 Å². The van der Waals surface area contributed by atoms with Crippen LogP contribution in [0.25, 0.3) is 0 Å². The summed E-state index contributed by atoms with van der Waals surface area (Å²) in [5.41, 5.74) is 1.13. The van der Waals surface area contributed by atoms with E-state index in [1.165, 1.54) is 0 Å². The van der Waals surface area contributed by atoms with Crippen LogP contribution < -0.4 is 5.32 Å². The van der Waals surface area contributed by atoms with E-state index in [1.54, 1.807) is 4.68 Å².